The van der Waals surface area contributed by atoms with E-state index in [4.69, 9.17) is 32.6 Å². The SMILES string of the molecule is CCCCCCCCCc1ccc(OCCOCCOCCOCCOCCOCCOS(=O)(=O)c2ccccc2)cc1. The molecule has 43 heavy (non-hydrogen) atoms. The Labute approximate surface area is 259 Å². The van der Waals surface area contributed by atoms with Gasteiger partial charge < -0.3 is 28.4 Å². The zero-order chi connectivity index (χ0) is 30.7. The lowest BCUT2D eigenvalue weighted by Gasteiger charge is -2.09. The predicted molar refractivity (Wildman–Crippen MR) is 167 cm³/mol. The Morgan fingerprint density at radius 3 is 1.51 bits per heavy atom. The maximum Gasteiger partial charge on any atom is 0.297 e. The summed E-state index contributed by atoms with van der Waals surface area (Å²) in [6.45, 7) is 6.98. The fraction of sp³-hybridized carbons (Fsp3) is 0.636. The van der Waals surface area contributed by atoms with Crippen molar-refractivity contribution in [3.63, 3.8) is 0 Å². The molecule has 0 aliphatic heterocycles. The minimum absolute atomic E-state index is 0.0486. The van der Waals surface area contributed by atoms with Crippen LogP contribution in [0.5, 0.6) is 5.75 Å². The first-order chi connectivity index (χ1) is 21.1. The molecule has 0 unspecified atom stereocenters. The van der Waals surface area contributed by atoms with Crippen molar-refractivity contribution < 1.29 is 41.0 Å². The molecule has 2 rings (SSSR count). The third kappa shape index (κ3) is 19.8. The van der Waals surface area contributed by atoms with Crippen LogP contribution in [0, 0.1) is 0 Å². The first kappa shape index (κ1) is 37.1. The fourth-order valence-corrected chi connectivity index (χ4v) is 5.01. The van der Waals surface area contributed by atoms with Crippen molar-refractivity contribution in [1.82, 2.24) is 0 Å². The Bertz CT molecular complexity index is 1000. The topological polar surface area (TPSA) is 98.8 Å². The van der Waals surface area contributed by atoms with E-state index in [0.717, 1.165) is 12.2 Å². The van der Waals surface area contributed by atoms with Crippen LogP contribution >= 0.6 is 0 Å². The van der Waals surface area contributed by atoms with Crippen LogP contribution in [0.25, 0.3) is 0 Å². The molecule has 0 saturated carbocycles. The van der Waals surface area contributed by atoms with E-state index in [1.54, 1.807) is 18.2 Å². The molecule has 10 heteroatoms. The number of rotatable bonds is 29. The van der Waals surface area contributed by atoms with Gasteiger partial charge in [-0.2, -0.15) is 8.42 Å². The van der Waals surface area contributed by atoms with Gasteiger partial charge in [0.05, 0.1) is 77.6 Å². The number of benzene rings is 2. The summed E-state index contributed by atoms with van der Waals surface area (Å²) in [5.74, 6) is 0.874. The summed E-state index contributed by atoms with van der Waals surface area (Å²) in [5.41, 5.74) is 1.37. The highest BCUT2D eigenvalue weighted by molar-refractivity contribution is 7.86. The average Bonchev–Trinajstić information content (AvgIpc) is 3.02. The van der Waals surface area contributed by atoms with E-state index in [1.807, 2.05) is 12.1 Å². The van der Waals surface area contributed by atoms with Crippen LogP contribution in [0.2, 0.25) is 0 Å². The number of aryl methyl sites for hydroxylation is 1. The van der Waals surface area contributed by atoms with Gasteiger partial charge in [0.15, 0.2) is 0 Å². The van der Waals surface area contributed by atoms with Crippen molar-refractivity contribution in [2.24, 2.45) is 0 Å². The Kier molecular flexibility index (Phi) is 21.8. The van der Waals surface area contributed by atoms with E-state index in [1.165, 1.54) is 62.6 Å². The summed E-state index contributed by atoms with van der Waals surface area (Å²) in [4.78, 5) is 0.128. The van der Waals surface area contributed by atoms with Crippen LogP contribution in [-0.4, -0.2) is 87.7 Å². The standard InChI is InChI=1S/C33H52O9S/c1-2-3-4-5-6-7-9-12-31-15-17-32(18-16-31)41-29-27-39-25-23-37-21-19-36-20-22-38-24-26-40-28-30-42-43(34,35)33-13-10-8-11-14-33/h8,10-11,13-18H,2-7,9,12,19-30H2,1H3. The Balaban J connectivity index is 1.28. The zero-order valence-corrected chi connectivity index (χ0v) is 26.7. The second kappa shape index (κ2) is 25.3. The van der Waals surface area contributed by atoms with Gasteiger partial charge in [0.2, 0.25) is 0 Å². The van der Waals surface area contributed by atoms with Crippen molar-refractivity contribution in [2.45, 2.75) is 63.2 Å². The number of hydrogen-bond acceptors (Lipinski definition) is 9. The van der Waals surface area contributed by atoms with Gasteiger partial charge in [0, 0.05) is 0 Å². The van der Waals surface area contributed by atoms with Crippen LogP contribution in [0.1, 0.15) is 57.4 Å². The monoisotopic (exact) mass is 624 g/mol. The number of hydrogen-bond donors (Lipinski definition) is 0. The molecule has 0 amide bonds. The third-order valence-electron chi connectivity index (χ3n) is 6.47. The molecule has 244 valence electrons. The maximum absolute atomic E-state index is 12.0. The number of ether oxygens (including phenoxy) is 6. The average molecular weight is 625 g/mol. The minimum Gasteiger partial charge on any atom is -0.491 e. The summed E-state index contributed by atoms with van der Waals surface area (Å²) < 4.78 is 61.9. The van der Waals surface area contributed by atoms with Crippen molar-refractivity contribution in [3.8, 4) is 5.75 Å². The molecule has 0 bridgehead atoms. The third-order valence-corrected chi connectivity index (χ3v) is 7.80. The first-order valence-corrected chi connectivity index (χ1v) is 17.1. The van der Waals surface area contributed by atoms with E-state index in [2.05, 4.69) is 19.1 Å². The first-order valence-electron chi connectivity index (χ1n) is 15.7. The summed E-state index contributed by atoms with van der Waals surface area (Å²) in [7, 11) is -3.75. The Hall–Kier alpha value is -2.05. The molecule has 0 N–H and O–H groups in total. The maximum atomic E-state index is 12.0. The largest absolute Gasteiger partial charge is 0.491 e. The van der Waals surface area contributed by atoms with Crippen molar-refractivity contribution in [1.29, 1.82) is 0 Å². The molecular formula is C33H52O9S. The second-order valence-corrected chi connectivity index (χ2v) is 11.6. The molecule has 0 aliphatic carbocycles. The van der Waals surface area contributed by atoms with E-state index in [0.29, 0.717) is 66.1 Å². The summed E-state index contributed by atoms with van der Waals surface area (Å²) in [6.07, 6.45) is 10.5. The van der Waals surface area contributed by atoms with Crippen LogP contribution in [0.3, 0.4) is 0 Å². The molecular weight excluding hydrogens is 572 g/mol. The molecule has 0 aliphatic rings. The van der Waals surface area contributed by atoms with E-state index in [9.17, 15) is 8.42 Å². The summed E-state index contributed by atoms with van der Waals surface area (Å²) in [5, 5.41) is 0. The van der Waals surface area contributed by atoms with Crippen molar-refractivity contribution in [3.05, 3.63) is 60.2 Å². The number of unbranched alkanes of at least 4 members (excludes halogenated alkanes) is 6. The second-order valence-electron chi connectivity index (χ2n) is 10.0. The van der Waals surface area contributed by atoms with E-state index >= 15 is 0 Å². The molecule has 0 saturated heterocycles. The summed E-state index contributed by atoms with van der Waals surface area (Å²) in [6, 6.07) is 16.4. The van der Waals surface area contributed by atoms with Crippen molar-refractivity contribution in [2.75, 3.05) is 79.3 Å². The van der Waals surface area contributed by atoms with Gasteiger partial charge >= 0.3 is 0 Å². The van der Waals surface area contributed by atoms with E-state index in [-0.39, 0.29) is 18.1 Å². The van der Waals surface area contributed by atoms with Gasteiger partial charge in [-0.15, -0.1) is 0 Å². The van der Waals surface area contributed by atoms with Gasteiger partial charge in [-0.05, 0) is 42.7 Å². The van der Waals surface area contributed by atoms with E-state index < -0.39 is 10.1 Å². The molecule has 0 spiro atoms. The minimum atomic E-state index is -3.75. The highest BCUT2D eigenvalue weighted by Crippen LogP contribution is 2.15. The molecule has 0 heterocycles. The van der Waals surface area contributed by atoms with Gasteiger partial charge in [0.25, 0.3) is 10.1 Å². The molecule has 0 fully saturated rings. The quantitative estimate of drug-likeness (QED) is 0.0816. The van der Waals surface area contributed by atoms with Crippen LogP contribution < -0.4 is 4.74 Å². The lowest BCUT2D eigenvalue weighted by molar-refractivity contribution is -0.0140. The molecule has 2 aromatic rings. The molecule has 0 radical (unpaired) electrons. The molecule has 2 aromatic carbocycles. The molecule has 0 aromatic heterocycles. The fourth-order valence-electron chi connectivity index (χ4n) is 4.10. The Morgan fingerprint density at radius 2 is 0.977 bits per heavy atom. The smallest absolute Gasteiger partial charge is 0.297 e. The summed E-state index contributed by atoms with van der Waals surface area (Å²) >= 11 is 0. The normalized spacial score (nSPS) is 11.7. The van der Waals surface area contributed by atoms with Gasteiger partial charge in [0.1, 0.15) is 12.4 Å². The lowest BCUT2D eigenvalue weighted by Crippen LogP contribution is -2.15. The molecule has 9 nitrogen and oxygen atoms in total. The van der Waals surface area contributed by atoms with Crippen LogP contribution in [0.4, 0.5) is 0 Å². The highest BCUT2D eigenvalue weighted by Gasteiger charge is 2.13. The van der Waals surface area contributed by atoms with Crippen LogP contribution in [0.15, 0.2) is 59.5 Å². The van der Waals surface area contributed by atoms with Crippen molar-refractivity contribution >= 4 is 10.1 Å². The van der Waals surface area contributed by atoms with Gasteiger partial charge in [-0.3, -0.25) is 4.18 Å². The Morgan fingerprint density at radius 1 is 0.512 bits per heavy atom. The zero-order valence-electron chi connectivity index (χ0n) is 25.9. The highest BCUT2D eigenvalue weighted by atomic mass is 32.2. The van der Waals surface area contributed by atoms with Gasteiger partial charge in [-0.1, -0.05) is 75.8 Å². The van der Waals surface area contributed by atoms with Gasteiger partial charge in [-0.25, -0.2) is 0 Å². The predicted octanol–water partition coefficient (Wildman–Crippen LogP) is 5.85. The van der Waals surface area contributed by atoms with Crippen LogP contribution in [-0.2, 0) is 44.4 Å². The lowest BCUT2D eigenvalue weighted by atomic mass is 10.0. The molecule has 0 atom stereocenters.